The molecule has 0 spiro atoms. The molecule has 2 aromatic rings. The Labute approximate surface area is 224 Å². The zero-order chi connectivity index (χ0) is 27.0. The van der Waals surface area contributed by atoms with Crippen molar-refractivity contribution in [3.63, 3.8) is 0 Å². The largest absolute Gasteiger partial charge is 0.275 e. The van der Waals surface area contributed by atoms with Gasteiger partial charge in [0.25, 0.3) is 0 Å². The normalized spacial score (nSPS) is 16.0. The van der Waals surface area contributed by atoms with Crippen LogP contribution in [0.5, 0.6) is 0 Å². The van der Waals surface area contributed by atoms with Crippen molar-refractivity contribution < 1.29 is 0 Å². The molecule has 4 rings (SSSR count). The Bertz CT molecular complexity index is 1200. The fourth-order valence-electron chi connectivity index (χ4n) is 4.13. The highest BCUT2D eigenvalue weighted by Crippen LogP contribution is 2.26. The summed E-state index contributed by atoms with van der Waals surface area (Å²) in [5, 5.41) is 4.73. The molecular weight excluding hydrogens is 452 g/mol. The van der Waals surface area contributed by atoms with Gasteiger partial charge in [-0.1, -0.05) is 82.7 Å². The number of dihydropyridines is 1. The maximum Gasteiger partial charge on any atom is 0.0728 e. The van der Waals surface area contributed by atoms with Crippen molar-refractivity contribution in [3.8, 4) is 11.1 Å². The standard InChI is InChI=1S/C29H32N4.2C2H6/c1-4-5-6-10-26-15-11-22(2)29(31-26)25-9-7-8-23(12-14-25)13-16-28-27(21-33(3)32-28)24-17-19-30-20-18-24;2*1-2/h5-6,8-12,14,17-21H,4,7,13,15-16H2,1-3H3;2*1-2H3/b6-5-,26-10+;;. The van der Waals surface area contributed by atoms with Crippen LogP contribution >= 0.6 is 0 Å². The predicted octanol–water partition coefficient (Wildman–Crippen LogP) is 8.92. The number of aliphatic imine (C=N–C) groups is 1. The molecule has 2 aliphatic rings. The van der Waals surface area contributed by atoms with Crippen LogP contribution in [-0.4, -0.2) is 20.5 Å². The molecule has 0 bridgehead atoms. The smallest absolute Gasteiger partial charge is 0.0728 e. The Morgan fingerprint density at radius 1 is 0.973 bits per heavy atom. The number of rotatable bonds is 7. The molecule has 0 radical (unpaired) electrons. The van der Waals surface area contributed by atoms with E-state index in [1.54, 1.807) is 0 Å². The van der Waals surface area contributed by atoms with Crippen molar-refractivity contribution in [3.05, 3.63) is 107 Å². The first-order valence-corrected chi connectivity index (χ1v) is 13.8. The monoisotopic (exact) mass is 496 g/mol. The second-order valence-electron chi connectivity index (χ2n) is 8.45. The average Bonchev–Trinajstić information content (AvgIpc) is 3.16. The van der Waals surface area contributed by atoms with Crippen LogP contribution in [0.4, 0.5) is 0 Å². The highest BCUT2D eigenvalue weighted by molar-refractivity contribution is 6.14. The number of pyridine rings is 1. The number of aromatic nitrogens is 3. The lowest BCUT2D eigenvalue weighted by atomic mass is 9.98. The Kier molecular flexibility index (Phi) is 13.1. The molecular formula is C33H44N4. The summed E-state index contributed by atoms with van der Waals surface area (Å²) in [6.07, 6.45) is 28.2. The predicted molar refractivity (Wildman–Crippen MR) is 161 cm³/mol. The molecule has 1 aliphatic carbocycles. The maximum atomic E-state index is 4.96. The third kappa shape index (κ3) is 8.82. The lowest BCUT2D eigenvalue weighted by Crippen LogP contribution is -2.07. The van der Waals surface area contributed by atoms with Crippen LogP contribution in [0, 0.1) is 0 Å². The van der Waals surface area contributed by atoms with E-state index in [-0.39, 0.29) is 0 Å². The fraction of sp³-hybridized carbons (Fsp3) is 0.364. The molecule has 0 unspecified atom stereocenters. The molecule has 0 saturated heterocycles. The van der Waals surface area contributed by atoms with Crippen molar-refractivity contribution in [1.82, 2.24) is 14.8 Å². The zero-order valence-electron chi connectivity index (χ0n) is 23.8. The van der Waals surface area contributed by atoms with Gasteiger partial charge in [-0.2, -0.15) is 5.10 Å². The van der Waals surface area contributed by atoms with Crippen molar-refractivity contribution in [2.45, 2.75) is 73.6 Å². The molecule has 1 aliphatic heterocycles. The van der Waals surface area contributed by atoms with E-state index in [0.29, 0.717) is 0 Å². The van der Waals surface area contributed by atoms with E-state index in [4.69, 9.17) is 10.1 Å². The number of aryl methyl sites for hydroxylation is 2. The SMILES string of the molecule is CC.CC.CC/C=C\C=C1/CC=C(C)C(C2=CCC=C(CCc3nn(C)cc3-c3ccncc3)C=C2)=N1. The van der Waals surface area contributed by atoms with E-state index in [1.165, 1.54) is 22.3 Å². The summed E-state index contributed by atoms with van der Waals surface area (Å²) in [5.74, 6) is 0. The number of nitrogens with zero attached hydrogens (tertiary/aromatic N) is 4. The van der Waals surface area contributed by atoms with Gasteiger partial charge in [0.05, 0.1) is 11.4 Å². The lowest BCUT2D eigenvalue weighted by molar-refractivity contribution is 0.737. The van der Waals surface area contributed by atoms with Crippen molar-refractivity contribution >= 4 is 5.71 Å². The van der Waals surface area contributed by atoms with Crippen LogP contribution in [0.15, 0.2) is 107 Å². The summed E-state index contributed by atoms with van der Waals surface area (Å²) in [6.45, 7) is 12.3. The molecule has 4 heteroatoms. The van der Waals surface area contributed by atoms with Crippen molar-refractivity contribution in [1.29, 1.82) is 0 Å². The first kappa shape index (κ1) is 29.7. The molecule has 0 atom stereocenters. The molecule has 37 heavy (non-hydrogen) atoms. The van der Waals surface area contributed by atoms with Gasteiger partial charge < -0.3 is 0 Å². The minimum Gasteiger partial charge on any atom is -0.275 e. The topological polar surface area (TPSA) is 43.1 Å². The van der Waals surface area contributed by atoms with Gasteiger partial charge in [-0.05, 0) is 67.5 Å². The van der Waals surface area contributed by atoms with Crippen LogP contribution in [-0.2, 0) is 13.5 Å². The van der Waals surface area contributed by atoms with Crippen LogP contribution in [0.2, 0.25) is 0 Å². The molecule has 196 valence electrons. The molecule has 0 saturated carbocycles. The summed E-state index contributed by atoms with van der Waals surface area (Å²) in [4.78, 5) is 9.10. The van der Waals surface area contributed by atoms with Crippen LogP contribution < -0.4 is 0 Å². The summed E-state index contributed by atoms with van der Waals surface area (Å²) in [6, 6.07) is 4.09. The van der Waals surface area contributed by atoms with Gasteiger partial charge in [-0.15, -0.1) is 0 Å². The number of hydrogen-bond acceptors (Lipinski definition) is 3. The van der Waals surface area contributed by atoms with E-state index < -0.39 is 0 Å². The fourth-order valence-corrected chi connectivity index (χ4v) is 4.13. The summed E-state index contributed by atoms with van der Waals surface area (Å²) < 4.78 is 1.90. The van der Waals surface area contributed by atoms with Gasteiger partial charge in [0.15, 0.2) is 0 Å². The van der Waals surface area contributed by atoms with Gasteiger partial charge in [0.2, 0.25) is 0 Å². The van der Waals surface area contributed by atoms with E-state index in [1.807, 2.05) is 64.0 Å². The quantitative estimate of drug-likeness (QED) is 0.384. The second-order valence-corrected chi connectivity index (χ2v) is 8.45. The van der Waals surface area contributed by atoms with Gasteiger partial charge >= 0.3 is 0 Å². The Balaban J connectivity index is 0.00000115. The molecule has 0 fully saturated rings. The molecule has 0 aromatic carbocycles. The molecule has 0 N–H and O–H groups in total. The first-order chi connectivity index (χ1) is 18.1. The van der Waals surface area contributed by atoms with E-state index in [2.05, 4.69) is 73.6 Å². The molecule has 3 heterocycles. The zero-order valence-corrected chi connectivity index (χ0v) is 23.8. The third-order valence-corrected chi connectivity index (χ3v) is 5.92. The Hall–Kier alpha value is -3.53. The number of hydrogen-bond donors (Lipinski definition) is 0. The summed E-state index contributed by atoms with van der Waals surface area (Å²) in [7, 11) is 1.98. The van der Waals surface area contributed by atoms with Gasteiger partial charge in [-0.3, -0.25) is 14.7 Å². The van der Waals surface area contributed by atoms with Crippen LogP contribution in [0.25, 0.3) is 11.1 Å². The van der Waals surface area contributed by atoms with Crippen molar-refractivity contribution in [2.75, 3.05) is 0 Å². The van der Waals surface area contributed by atoms with Gasteiger partial charge in [-0.25, -0.2) is 0 Å². The minimum absolute atomic E-state index is 0.897. The summed E-state index contributed by atoms with van der Waals surface area (Å²) >= 11 is 0. The average molecular weight is 497 g/mol. The minimum atomic E-state index is 0.897. The Morgan fingerprint density at radius 2 is 1.73 bits per heavy atom. The van der Waals surface area contributed by atoms with E-state index >= 15 is 0 Å². The van der Waals surface area contributed by atoms with Gasteiger partial charge in [0, 0.05) is 43.3 Å². The lowest BCUT2D eigenvalue weighted by Gasteiger charge is -2.14. The highest BCUT2D eigenvalue weighted by atomic mass is 15.2. The van der Waals surface area contributed by atoms with Crippen LogP contribution in [0.3, 0.4) is 0 Å². The van der Waals surface area contributed by atoms with E-state index in [9.17, 15) is 0 Å². The number of allylic oxidation sites excluding steroid dienone is 11. The van der Waals surface area contributed by atoms with Crippen molar-refractivity contribution in [2.24, 2.45) is 12.0 Å². The van der Waals surface area contributed by atoms with Crippen LogP contribution in [0.1, 0.15) is 72.9 Å². The molecule has 4 nitrogen and oxygen atoms in total. The molecule has 2 aromatic heterocycles. The summed E-state index contributed by atoms with van der Waals surface area (Å²) in [5.41, 5.74) is 9.48. The molecule has 0 amide bonds. The van der Waals surface area contributed by atoms with E-state index in [0.717, 1.165) is 54.8 Å². The Morgan fingerprint density at radius 3 is 2.46 bits per heavy atom. The van der Waals surface area contributed by atoms with Gasteiger partial charge in [0.1, 0.15) is 0 Å². The second kappa shape index (κ2) is 16.3. The first-order valence-electron chi connectivity index (χ1n) is 13.8. The maximum absolute atomic E-state index is 4.96. The third-order valence-electron chi connectivity index (χ3n) is 5.92. The highest BCUT2D eigenvalue weighted by Gasteiger charge is 2.14.